The zero-order chi connectivity index (χ0) is 19.3. The first-order valence-corrected chi connectivity index (χ1v) is 7.91. The van der Waals surface area contributed by atoms with Gasteiger partial charge in [0.1, 0.15) is 6.34 Å². The third-order valence-corrected chi connectivity index (χ3v) is 3.62. The van der Waals surface area contributed by atoms with Crippen LogP contribution in [0.4, 0.5) is 13.2 Å². The Morgan fingerprint density at radius 3 is 2.27 bits per heavy atom. The number of hydrogen-bond donors (Lipinski definition) is 2. The van der Waals surface area contributed by atoms with E-state index in [2.05, 4.69) is 22.3 Å². The van der Waals surface area contributed by atoms with Crippen LogP contribution in [0.3, 0.4) is 0 Å². The monoisotopic (exact) mass is 368 g/mol. The standard InChI is InChI=1S/C17H19F3N4O2/c1-11(2)15(25)21-8-3-9-22-16(26)13-6-4-12(5-7-13)14(17(18,19)20)24-10-23-24/h4-7,10,14H,1,3,8-9H2,2H3,(H,21,25)(H,22,26). The van der Waals surface area contributed by atoms with E-state index in [1.165, 1.54) is 24.3 Å². The molecule has 1 atom stereocenters. The fraction of sp³-hybridized carbons (Fsp3) is 0.353. The van der Waals surface area contributed by atoms with Crippen molar-refractivity contribution in [2.24, 2.45) is 5.10 Å². The van der Waals surface area contributed by atoms with Crippen LogP contribution in [0.1, 0.15) is 35.3 Å². The summed E-state index contributed by atoms with van der Waals surface area (Å²) in [5, 5.41) is 9.56. The maximum Gasteiger partial charge on any atom is 0.415 e. The zero-order valence-corrected chi connectivity index (χ0v) is 14.1. The van der Waals surface area contributed by atoms with E-state index >= 15 is 0 Å². The minimum atomic E-state index is -4.46. The Morgan fingerprint density at radius 2 is 1.77 bits per heavy atom. The Bertz CT molecular complexity index is 708. The first kappa shape index (κ1) is 19.5. The minimum absolute atomic E-state index is 0.00839. The highest BCUT2D eigenvalue weighted by molar-refractivity contribution is 5.94. The third kappa shape index (κ3) is 5.33. The number of hydrogen-bond acceptors (Lipinski definition) is 4. The van der Waals surface area contributed by atoms with Gasteiger partial charge in [0.2, 0.25) is 5.91 Å². The Balaban J connectivity index is 1.83. The lowest BCUT2D eigenvalue weighted by Gasteiger charge is -2.20. The van der Waals surface area contributed by atoms with Crippen LogP contribution in [0, 0.1) is 0 Å². The van der Waals surface area contributed by atoms with Gasteiger partial charge >= 0.3 is 6.18 Å². The highest BCUT2D eigenvalue weighted by Crippen LogP contribution is 2.39. The molecule has 1 aromatic rings. The topological polar surface area (TPSA) is 73.6 Å². The first-order chi connectivity index (χ1) is 12.2. The molecule has 26 heavy (non-hydrogen) atoms. The molecule has 0 radical (unpaired) electrons. The van der Waals surface area contributed by atoms with E-state index in [-0.39, 0.29) is 17.0 Å². The van der Waals surface area contributed by atoms with E-state index in [4.69, 9.17) is 0 Å². The average Bonchev–Trinajstić information content (AvgIpc) is 3.38. The molecular formula is C17H19F3N4O2. The lowest BCUT2D eigenvalue weighted by atomic mass is 10.0. The smallest absolute Gasteiger partial charge is 0.352 e. The zero-order valence-electron chi connectivity index (χ0n) is 14.1. The van der Waals surface area contributed by atoms with Crippen LogP contribution in [0.15, 0.2) is 41.5 Å². The second-order valence-electron chi connectivity index (χ2n) is 5.82. The van der Waals surface area contributed by atoms with Crippen LogP contribution in [0.5, 0.6) is 0 Å². The molecule has 0 bridgehead atoms. The van der Waals surface area contributed by atoms with E-state index in [9.17, 15) is 22.8 Å². The van der Waals surface area contributed by atoms with Crippen LogP contribution < -0.4 is 10.6 Å². The van der Waals surface area contributed by atoms with Crippen LogP contribution in [0.2, 0.25) is 0 Å². The van der Waals surface area contributed by atoms with Crippen LogP contribution in [0.25, 0.3) is 0 Å². The molecule has 2 N–H and O–H groups in total. The van der Waals surface area contributed by atoms with E-state index in [1.807, 2.05) is 0 Å². The fourth-order valence-electron chi connectivity index (χ4n) is 2.22. The Kier molecular flexibility index (Phi) is 6.01. The van der Waals surface area contributed by atoms with Gasteiger partial charge in [-0.25, -0.2) is 5.01 Å². The molecule has 0 aliphatic carbocycles. The lowest BCUT2D eigenvalue weighted by molar-refractivity contribution is -0.170. The minimum Gasteiger partial charge on any atom is -0.352 e. The molecule has 2 rings (SSSR count). The van der Waals surface area contributed by atoms with Gasteiger partial charge in [0, 0.05) is 24.2 Å². The average molecular weight is 368 g/mol. The summed E-state index contributed by atoms with van der Waals surface area (Å²) >= 11 is 0. The molecule has 0 saturated heterocycles. The number of halogens is 3. The molecule has 0 saturated carbocycles. The van der Waals surface area contributed by atoms with Crippen molar-refractivity contribution in [1.82, 2.24) is 15.6 Å². The Labute approximate surface area is 148 Å². The van der Waals surface area contributed by atoms with Gasteiger partial charge in [0.05, 0.1) is 0 Å². The van der Waals surface area contributed by atoms with E-state index in [1.54, 1.807) is 6.92 Å². The fourth-order valence-corrected chi connectivity index (χ4v) is 2.22. The van der Waals surface area contributed by atoms with Crippen molar-refractivity contribution in [3.63, 3.8) is 0 Å². The van der Waals surface area contributed by atoms with Gasteiger partial charge in [-0.15, -0.1) is 0 Å². The second kappa shape index (κ2) is 8.03. The summed E-state index contributed by atoms with van der Waals surface area (Å²) in [5.41, 5.74) is 0.667. The molecule has 140 valence electrons. The summed E-state index contributed by atoms with van der Waals surface area (Å²) in [5.74, 6) is -0.643. The number of carbonyl (C=O) groups is 2. The number of carbonyl (C=O) groups excluding carboxylic acids is 2. The maximum absolute atomic E-state index is 13.1. The maximum atomic E-state index is 13.1. The quantitative estimate of drug-likeness (QED) is 0.547. The van der Waals surface area contributed by atoms with E-state index in [0.29, 0.717) is 25.1 Å². The predicted octanol–water partition coefficient (Wildman–Crippen LogP) is 2.36. The van der Waals surface area contributed by atoms with Gasteiger partial charge in [-0.1, -0.05) is 18.7 Å². The van der Waals surface area contributed by atoms with E-state index < -0.39 is 18.1 Å². The van der Waals surface area contributed by atoms with Gasteiger partial charge in [0.25, 0.3) is 5.91 Å². The van der Waals surface area contributed by atoms with Crippen molar-refractivity contribution < 1.29 is 22.8 Å². The van der Waals surface area contributed by atoms with Crippen LogP contribution in [-0.2, 0) is 4.79 Å². The predicted molar refractivity (Wildman–Crippen MR) is 90.3 cm³/mol. The second-order valence-corrected chi connectivity index (χ2v) is 5.82. The molecule has 1 aliphatic heterocycles. The number of alkyl halides is 3. The molecule has 6 nitrogen and oxygen atoms in total. The van der Waals surface area contributed by atoms with Gasteiger partial charge in [-0.05, 0) is 31.0 Å². The van der Waals surface area contributed by atoms with Gasteiger partial charge in [0.15, 0.2) is 6.04 Å². The molecule has 1 unspecified atom stereocenters. The number of amides is 2. The third-order valence-electron chi connectivity index (χ3n) is 3.62. The molecular weight excluding hydrogens is 349 g/mol. The molecule has 1 heterocycles. The highest BCUT2D eigenvalue weighted by Gasteiger charge is 2.47. The molecule has 9 heteroatoms. The van der Waals surface area contributed by atoms with Gasteiger partial charge in [-0.2, -0.15) is 18.3 Å². The molecule has 2 amide bonds. The van der Waals surface area contributed by atoms with Crippen molar-refractivity contribution in [3.8, 4) is 0 Å². The van der Waals surface area contributed by atoms with Crippen molar-refractivity contribution in [2.45, 2.75) is 25.6 Å². The largest absolute Gasteiger partial charge is 0.415 e. The summed E-state index contributed by atoms with van der Waals surface area (Å²) in [7, 11) is 0. The summed E-state index contributed by atoms with van der Waals surface area (Å²) < 4.78 is 39.2. The summed E-state index contributed by atoms with van der Waals surface area (Å²) in [6.45, 7) is 5.81. The van der Waals surface area contributed by atoms with Gasteiger partial charge in [-0.3, -0.25) is 9.59 Å². The Morgan fingerprint density at radius 1 is 1.19 bits per heavy atom. The number of benzene rings is 1. The number of hydrazone groups is 1. The normalized spacial score (nSPS) is 13.9. The van der Waals surface area contributed by atoms with Crippen molar-refractivity contribution in [3.05, 3.63) is 47.5 Å². The van der Waals surface area contributed by atoms with E-state index in [0.717, 1.165) is 11.3 Å². The summed E-state index contributed by atoms with van der Waals surface area (Å²) in [4.78, 5) is 23.3. The number of rotatable bonds is 8. The molecule has 1 aliphatic rings. The van der Waals surface area contributed by atoms with Crippen molar-refractivity contribution in [1.29, 1.82) is 0 Å². The Hall–Kier alpha value is -2.84. The number of nitrogens with one attached hydrogen (secondary N) is 2. The molecule has 0 fully saturated rings. The summed E-state index contributed by atoms with van der Waals surface area (Å²) in [6, 6.07) is 3.38. The van der Waals surface area contributed by atoms with Gasteiger partial charge < -0.3 is 10.6 Å². The summed E-state index contributed by atoms with van der Waals surface area (Å²) in [6.07, 6.45) is -2.84. The SMILES string of the molecule is C=C(C)C(=O)NCCCNC(=O)c1ccc(C(N2C=N2)C(F)(F)F)cc1. The highest BCUT2D eigenvalue weighted by atomic mass is 19.4. The van der Waals surface area contributed by atoms with Crippen LogP contribution in [-0.4, -0.2) is 42.4 Å². The first-order valence-electron chi connectivity index (χ1n) is 7.91. The van der Waals surface area contributed by atoms with Crippen molar-refractivity contribution >= 4 is 18.2 Å². The molecule has 0 aromatic heterocycles. The molecule has 0 spiro atoms. The molecule has 1 aromatic carbocycles. The van der Waals surface area contributed by atoms with Crippen molar-refractivity contribution in [2.75, 3.05) is 13.1 Å². The van der Waals surface area contributed by atoms with Crippen LogP contribution >= 0.6 is 0 Å². The number of nitrogens with zero attached hydrogens (tertiary/aromatic N) is 2. The lowest BCUT2D eigenvalue weighted by Crippen LogP contribution is -2.30.